The van der Waals surface area contributed by atoms with E-state index in [2.05, 4.69) is 17.4 Å². The van der Waals surface area contributed by atoms with E-state index >= 15 is 0 Å². The maximum absolute atomic E-state index is 10.8. The van der Waals surface area contributed by atoms with Crippen LogP contribution in [0.15, 0.2) is 54.6 Å². The first-order chi connectivity index (χ1) is 12.3. The summed E-state index contributed by atoms with van der Waals surface area (Å²) in [5.74, 6) is -2.76. The first kappa shape index (κ1) is 19.5. The molecule has 3 rings (SSSR count). The highest BCUT2D eigenvalue weighted by molar-refractivity contribution is 5.73. The van der Waals surface area contributed by atoms with Crippen LogP contribution in [0.4, 0.5) is 13.2 Å². The quantitative estimate of drug-likeness (QED) is 0.811. The summed E-state index contributed by atoms with van der Waals surface area (Å²) in [5.41, 5.74) is 3.48. The molecule has 2 N–H and O–H groups in total. The van der Waals surface area contributed by atoms with Gasteiger partial charge in [0, 0.05) is 6.54 Å². The summed E-state index contributed by atoms with van der Waals surface area (Å²) in [7, 11) is 0. The van der Waals surface area contributed by atoms with E-state index in [4.69, 9.17) is 14.6 Å². The van der Waals surface area contributed by atoms with E-state index in [0.717, 1.165) is 12.1 Å². The van der Waals surface area contributed by atoms with Gasteiger partial charge in [0.15, 0.2) is 0 Å². The number of ether oxygens (including phenoxy) is 1. The number of alkyl halides is 3. The summed E-state index contributed by atoms with van der Waals surface area (Å²) in [6.07, 6.45) is -5.37. The molecule has 0 bridgehead atoms. The van der Waals surface area contributed by atoms with Crippen LogP contribution in [0.3, 0.4) is 0 Å². The highest BCUT2D eigenvalue weighted by atomic mass is 19.4. The lowest BCUT2D eigenvalue weighted by Crippen LogP contribution is -2.22. The molecular formula is C18H16F3NO4. The van der Waals surface area contributed by atoms with Crippen molar-refractivity contribution >= 4 is 12.4 Å². The molecule has 2 aromatic carbocycles. The highest BCUT2D eigenvalue weighted by Gasteiger charge is 2.38. The molecule has 1 heterocycles. The predicted molar refractivity (Wildman–Crippen MR) is 86.0 cm³/mol. The van der Waals surface area contributed by atoms with Crippen molar-refractivity contribution in [3.05, 3.63) is 71.3 Å². The smallest absolute Gasteiger partial charge is 0.475 e. The topological polar surface area (TPSA) is 75.6 Å². The molecule has 0 amide bonds. The fourth-order valence-corrected chi connectivity index (χ4v) is 2.65. The number of aliphatic carboxylic acids is 1. The second-order valence-electron chi connectivity index (χ2n) is 5.42. The van der Waals surface area contributed by atoms with Crippen LogP contribution in [0, 0.1) is 0 Å². The van der Waals surface area contributed by atoms with E-state index in [1.165, 1.54) is 11.1 Å². The van der Waals surface area contributed by atoms with E-state index in [9.17, 15) is 18.0 Å². The Morgan fingerprint density at radius 3 is 2.31 bits per heavy atom. The Labute approximate surface area is 147 Å². The van der Waals surface area contributed by atoms with Gasteiger partial charge in [-0.15, -0.1) is 0 Å². The molecule has 2 aromatic rings. The molecule has 0 aromatic heterocycles. The van der Waals surface area contributed by atoms with E-state index in [1.807, 2.05) is 42.5 Å². The van der Waals surface area contributed by atoms with Gasteiger partial charge in [0.25, 0.3) is 6.47 Å². The molecule has 1 aliphatic rings. The number of carboxylic acids is 1. The molecule has 0 saturated heterocycles. The molecule has 1 unspecified atom stereocenters. The largest absolute Gasteiger partial charge is 0.490 e. The summed E-state index contributed by atoms with van der Waals surface area (Å²) in [4.78, 5) is 19.7. The van der Waals surface area contributed by atoms with Crippen molar-refractivity contribution in [1.29, 1.82) is 0 Å². The second-order valence-corrected chi connectivity index (χ2v) is 5.42. The third kappa shape index (κ3) is 4.82. The van der Waals surface area contributed by atoms with Crippen molar-refractivity contribution in [3.8, 4) is 0 Å². The average Bonchev–Trinajstić information content (AvgIpc) is 3.04. The maximum atomic E-state index is 10.8. The number of rotatable bonds is 4. The Morgan fingerprint density at radius 1 is 1.15 bits per heavy atom. The third-order valence-corrected chi connectivity index (χ3v) is 3.78. The molecule has 0 fully saturated rings. The summed E-state index contributed by atoms with van der Waals surface area (Å²) >= 11 is 0. The van der Waals surface area contributed by atoms with Crippen LogP contribution in [0.25, 0.3) is 0 Å². The van der Waals surface area contributed by atoms with Crippen molar-refractivity contribution in [2.45, 2.75) is 24.9 Å². The average molecular weight is 367 g/mol. The molecule has 2 atom stereocenters. The minimum atomic E-state index is -5.08. The van der Waals surface area contributed by atoms with Crippen LogP contribution in [0.1, 0.15) is 28.8 Å². The van der Waals surface area contributed by atoms with Crippen LogP contribution in [0.5, 0.6) is 0 Å². The van der Waals surface area contributed by atoms with Crippen LogP contribution in [0.2, 0.25) is 0 Å². The first-order valence-corrected chi connectivity index (χ1v) is 7.60. The summed E-state index contributed by atoms with van der Waals surface area (Å²) in [6, 6.07) is 18.1. The van der Waals surface area contributed by atoms with Crippen molar-refractivity contribution in [1.82, 2.24) is 5.32 Å². The fraction of sp³-hybridized carbons (Fsp3) is 0.222. The van der Waals surface area contributed by atoms with E-state index in [1.54, 1.807) is 0 Å². The number of carboxylic acid groups (broad SMARTS) is 1. The second kappa shape index (κ2) is 8.48. The van der Waals surface area contributed by atoms with Crippen molar-refractivity contribution in [2.75, 3.05) is 0 Å². The van der Waals surface area contributed by atoms with E-state index in [-0.39, 0.29) is 12.1 Å². The van der Waals surface area contributed by atoms with Gasteiger partial charge >= 0.3 is 12.1 Å². The van der Waals surface area contributed by atoms with Gasteiger partial charge in [-0.3, -0.25) is 4.79 Å². The van der Waals surface area contributed by atoms with Crippen molar-refractivity contribution in [3.63, 3.8) is 0 Å². The number of nitrogens with one attached hydrogen (secondary N) is 1. The zero-order chi connectivity index (χ0) is 19.2. The number of hydrogen-bond donors (Lipinski definition) is 2. The third-order valence-electron chi connectivity index (χ3n) is 3.78. The lowest BCUT2D eigenvalue weighted by Gasteiger charge is -2.23. The van der Waals surface area contributed by atoms with Gasteiger partial charge in [-0.25, -0.2) is 4.79 Å². The summed E-state index contributed by atoms with van der Waals surface area (Å²) < 4.78 is 37.1. The normalized spacial score (nSPS) is 16.7. The highest BCUT2D eigenvalue weighted by Crippen LogP contribution is 2.37. The van der Waals surface area contributed by atoms with Crippen LogP contribution in [-0.2, 0) is 20.9 Å². The number of fused-ring (bicyclic) bond motifs is 1. The lowest BCUT2D eigenvalue weighted by molar-refractivity contribution is -0.192. The molecular weight excluding hydrogens is 351 g/mol. The SMILES string of the molecule is O=C(O)C(F)(F)F.O=COC(c1ccccc1)[C@H]1NCc2ccccc21. The van der Waals surface area contributed by atoms with Gasteiger partial charge in [0.05, 0.1) is 6.04 Å². The van der Waals surface area contributed by atoms with Crippen LogP contribution in [-0.4, -0.2) is 23.7 Å². The number of carbonyl (C=O) groups excluding carboxylic acids is 1. The Kier molecular flexibility index (Phi) is 6.35. The van der Waals surface area contributed by atoms with Gasteiger partial charge in [-0.05, 0) is 16.7 Å². The van der Waals surface area contributed by atoms with E-state index in [0.29, 0.717) is 6.47 Å². The van der Waals surface area contributed by atoms with Gasteiger partial charge < -0.3 is 15.2 Å². The Morgan fingerprint density at radius 2 is 1.73 bits per heavy atom. The molecule has 1 aliphatic heterocycles. The predicted octanol–water partition coefficient (Wildman–Crippen LogP) is 3.38. The number of hydrogen-bond acceptors (Lipinski definition) is 4. The Bertz CT molecular complexity index is 750. The Hall–Kier alpha value is -2.87. The molecule has 0 saturated carbocycles. The molecule has 0 aliphatic carbocycles. The van der Waals surface area contributed by atoms with Gasteiger partial charge in [-0.1, -0.05) is 54.6 Å². The zero-order valence-corrected chi connectivity index (χ0v) is 13.4. The number of carbonyl (C=O) groups is 2. The number of halogens is 3. The maximum Gasteiger partial charge on any atom is 0.490 e. The molecule has 0 radical (unpaired) electrons. The zero-order valence-electron chi connectivity index (χ0n) is 13.4. The lowest BCUT2D eigenvalue weighted by atomic mass is 9.96. The molecule has 8 heteroatoms. The molecule has 5 nitrogen and oxygen atoms in total. The van der Waals surface area contributed by atoms with Gasteiger partial charge in [0.2, 0.25) is 0 Å². The van der Waals surface area contributed by atoms with Crippen LogP contribution >= 0.6 is 0 Å². The monoisotopic (exact) mass is 367 g/mol. The molecule has 138 valence electrons. The van der Waals surface area contributed by atoms with Gasteiger partial charge in [-0.2, -0.15) is 13.2 Å². The summed E-state index contributed by atoms with van der Waals surface area (Å²) in [5, 5.41) is 10.5. The van der Waals surface area contributed by atoms with Crippen molar-refractivity contribution in [2.24, 2.45) is 0 Å². The Balaban J connectivity index is 0.000000298. The fourth-order valence-electron chi connectivity index (χ4n) is 2.65. The summed E-state index contributed by atoms with van der Waals surface area (Å²) in [6.45, 7) is 1.34. The van der Waals surface area contributed by atoms with Gasteiger partial charge in [0.1, 0.15) is 6.10 Å². The standard InChI is InChI=1S/C16H15NO2.C2HF3O2/c18-11-19-16(12-6-2-1-3-7-12)15-14-9-5-4-8-13(14)10-17-15;3-2(4,5)1(6)7/h1-9,11,15-17H,10H2;(H,6,7)/t15-,16?;/m0./s1. The molecule has 26 heavy (non-hydrogen) atoms. The van der Waals surface area contributed by atoms with Crippen molar-refractivity contribution < 1.29 is 32.6 Å². The van der Waals surface area contributed by atoms with Crippen LogP contribution < -0.4 is 5.32 Å². The minimum absolute atomic E-state index is 0.0174. The number of benzene rings is 2. The first-order valence-electron chi connectivity index (χ1n) is 7.60. The van der Waals surface area contributed by atoms with E-state index < -0.39 is 12.1 Å². The minimum Gasteiger partial charge on any atom is -0.475 e. The molecule has 0 spiro atoms.